The molecule has 0 saturated carbocycles. The van der Waals surface area contributed by atoms with Gasteiger partial charge in [0.15, 0.2) is 11.0 Å². The Balaban J connectivity index is 1.35. The van der Waals surface area contributed by atoms with Crippen LogP contribution in [0.5, 0.6) is 0 Å². The second-order valence-electron chi connectivity index (χ2n) is 8.17. The second kappa shape index (κ2) is 9.84. The number of nitrogens with zero attached hydrogens (tertiary/aromatic N) is 6. The highest BCUT2D eigenvalue weighted by molar-refractivity contribution is 7.98. The molecule has 0 unspecified atom stereocenters. The fourth-order valence-electron chi connectivity index (χ4n) is 3.94. The molecule has 0 spiro atoms. The van der Waals surface area contributed by atoms with Crippen LogP contribution in [-0.2, 0) is 12.3 Å². The summed E-state index contributed by atoms with van der Waals surface area (Å²) >= 11 is 1.49. The van der Waals surface area contributed by atoms with Crippen molar-refractivity contribution in [1.29, 1.82) is 0 Å². The molecule has 7 nitrogen and oxygen atoms in total. The molecule has 5 rings (SSSR count). The minimum absolute atomic E-state index is 0.287. The minimum atomic E-state index is -0.287. The number of rotatable bonds is 7. The molecule has 4 aromatic rings. The number of aromatic nitrogens is 5. The number of likely N-dealkylation sites (tertiary alicyclic amines) is 1. The normalized spacial score (nSPS) is 14.6. The predicted molar refractivity (Wildman–Crippen MR) is 124 cm³/mol. The summed E-state index contributed by atoms with van der Waals surface area (Å²) in [6, 6.07) is 15.1. The molecule has 1 fully saturated rings. The van der Waals surface area contributed by atoms with Crippen LogP contribution in [0, 0.1) is 12.7 Å². The van der Waals surface area contributed by atoms with Gasteiger partial charge in [0.2, 0.25) is 11.7 Å². The van der Waals surface area contributed by atoms with Crippen molar-refractivity contribution < 1.29 is 8.91 Å². The van der Waals surface area contributed by atoms with Gasteiger partial charge in [0.1, 0.15) is 5.82 Å². The number of para-hydroxylation sites is 1. The third kappa shape index (κ3) is 4.99. The first-order valence-corrected chi connectivity index (χ1v) is 12.1. The molecule has 9 heteroatoms. The third-order valence-corrected chi connectivity index (χ3v) is 6.67. The summed E-state index contributed by atoms with van der Waals surface area (Å²) < 4.78 is 21.4. The summed E-state index contributed by atoms with van der Waals surface area (Å²) in [6.07, 6.45) is 3.75. The Hall–Kier alpha value is -3.04. The van der Waals surface area contributed by atoms with Crippen LogP contribution < -0.4 is 0 Å². The SMILES string of the molecule is Cc1ccc(-c2noc(CSc3nnc(CN4CCCCC4)n3-c3ccccc3)n2)cc1F. The Morgan fingerprint density at radius 3 is 2.64 bits per heavy atom. The number of benzene rings is 2. The topological polar surface area (TPSA) is 72.9 Å². The van der Waals surface area contributed by atoms with E-state index in [0.717, 1.165) is 36.3 Å². The zero-order chi connectivity index (χ0) is 22.6. The van der Waals surface area contributed by atoms with Crippen molar-refractivity contribution in [3.05, 3.63) is 71.6 Å². The van der Waals surface area contributed by atoms with E-state index in [1.807, 2.05) is 18.2 Å². The fraction of sp³-hybridized carbons (Fsp3) is 0.333. The molecular formula is C24H25FN6OS. The first-order chi connectivity index (χ1) is 16.2. The van der Waals surface area contributed by atoms with Crippen LogP contribution in [0.2, 0.25) is 0 Å². The summed E-state index contributed by atoms with van der Waals surface area (Å²) in [5.74, 6) is 1.91. The van der Waals surface area contributed by atoms with E-state index in [2.05, 4.69) is 41.9 Å². The minimum Gasteiger partial charge on any atom is -0.338 e. The molecule has 0 bridgehead atoms. The zero-order valence-electron chi connectivity index (χ0n) is 18.4. The van der Waals surface area contributed by atoms with Gasteiger partial charge in [-0.3, -0.25) is 9.47 Å². The average Bonchev–Trinajstić information content (AvgIpc) is 3.48. The number of piperidine rings is 1. The van der Waals surface area contributed by atoms with E-state index in [1.54, 1.807) is 19.1 Å². The number of aryl methyl sites for hydroxylation is 1. The quantitative estimate of drug-likeness (QED) is 0.355. The van der Waals surface area contributed by atoms with Gasteiger partial charge in [0.05, 0.1) is 12.3 Å². The molecule has 0 amide bonds. The molecule has 1 saturated heterocycles. The van der Waals surface area contributed by atoms with Crippen LogP contribution in [-0.4, -0.2) is 42.9 Å². The molecule has 1 aliphatic rings. The Morgan fingerprint density at radius 2 is 1.85 bits per heavy atom. The number of hydrogen-bond donors (Lipinski definition) is 0. The lowest BCUT2D eigenvalue weighted by atomic mass is 10.1. The van der Waals surface area contributed by atoms with Crippen molar-refractivity contribution in [2.75, 3.05) is 13.1 Å². The number of hydrogen-bond acceptors (Lipinski definition) is 7. The summed E-state index contributed by atoms with van der Waals surface area (Å²) in [4.78, 5) is 6.88. The Bertz CT molecular complexity index is 1220. The van der Waals surface area contributed by atoms with Gasteiger partial charge in [0.25, 0.3) is 0 Å². The maximum Gasteiger partial charge on any atom is 0.237 e. The highest BCUT2D eigenvalue weighted by atomic mass is 32.2. The van der Waals surface area contributed by atoms with Gasteiger partial charge in [-0.15, -0.1) is 10.2 Å². The lowest BCUT2D eigenvalue weighted by Crippen LogP contribution is -2.30. The van der Waals surface area contributed by atoms with Crippen molar-refractivity contribution in [2.45, 2.75) is 43.6 Å². The Morgan fingerprint density at radius 1 is 1.03 bits per heavy atom. The van der Waals surface area contributed by atoms with Gasteiger partial charge >= 0.3 is 0 Å². The van der Waals surface area contributed by atoms with Crippen LogP contribution in [0.4, 0.5) is 4.39 Å². The molecule has 3 heterocycles. The molecular weight excluding hydrogens is 439 g/mol. The van der Waals surface area contributed by atoms with E-state index in [1.165, 1.54) is 37.1 Å². The molecule has 0 radical (unpaired) electrons. The van der Waals surface area contributed by atoms with Crippen molar-refractivity contribution >= 4 is 11.8 Å². The summed E-state index contributed by atoms with van der Waals surface area (Å²) in [5, 5.41) is 13.8. The van der Waals surface area contributed by atoms with Gasteiger partial charge in [-0.05, 0) is 56.6 Å². The molecule has 0 atom stereocenters. The summed E-state index contributed by atoms with van der Waals surface area (Å²) in [5.41, 5.74) is 2.20. The first kappa shape index (κ1) is 21.8. The van der Waals surface area contributed by atoms with Crippen LogP contribution >= 0.6 is 11.8 Å². The van der Waals surface area contributed by atoms with E-state index in [4.69, 9.17) is 4.52 Å². The van der Waals surface area contributed by atoms with E-state index >= 15 is 0 Å². The highest BCUT2D eigenvalue weighted by Crippen LogP contribution is 2.27. The van der Waals surface area contributed by atoms with E-state index < -0.39 is 0 Å². The summed E-state index contributed by atoms with van der Waals surface area (Å²) in [7, 11) is 0. The summed E-state index contributed by atoms with van der Waals surface area (Å²) in [6.45, 7) is 4.68. The molecule has 0 aliphatic carbocycles. The van der Waals surface area contributed by atoms with E-state index in [9.17, 15) is 4.39 Å². The predicted octanol–water partition coefficient (Wildman–Crippen LogP) is 5.04. The lowest BCUT2D eigenvalue weighted by molar-refractivity contribution is 0.214. The monoisotopic (exact) mass is 464 g/mol. The molecule has 170 valence electrons. The van der Waals surface area contributed by atoms with E-state index in [-0.39, 0.29) is 5.82 Å². The maximum absolute atomic E-state index is 13.9. The van der Waals surface area contributed by atoms with Crippen LogP contribution in [0.3, 0.4) is 0 Å². The van der Waals surface area contributed by atoms with Crippen molar-refractivity contribution in [1.82, 2.24) is 29.8 Å². The second-order valence-corrected chi connectivity index (χ2v) is 9.11. The number of thioether (sulfide) groups is 1. The van der Waals surface area contributed by atoms with Crippen molar-refractivity contribution in [3.63, 3.8) is 0 Å². The smallest absolute Gasteiger partial charge is 0.237 e. The zero-order valence-corrected chi connectivity index (χ0v) is 19.3. The molecule has 2 aromatic carbocycles. The molecule has 33 heavy (non-hydrogen) atoms. The third-order valence-electron chi connectivity index (χ3n) is 5.75. The highest BCUT2D eigenvalue weighted by Gasteiger charge is 2.20. The lowest BCUT2D eigenvalue weighted by Gasteiger charge is -2.26. The van der Waals surface area contributed by atoms with E-state index in [0.29, 0.717) is 28.6 Å². The van der Waals surface area contributed by atoms with Crippen LogP contribution in [0.1, 0.15) is 36.5 Å². The van der Waals surface area contributed by atoms with Crippen molar-refractivity contribution in [3.8, 4) is 17.1 Å². The Kier molecular flexibility index (Phi) is 6.50. The van der Waals surface area contributed by atoms with Gasteiger partial charge in [-0.25, -0.2) is 4.39 Å². The standard InChI is InChI=1S/C24H25FN6OS/c1-17-10-11-18(14-20(17)25)23-26-22(32-29-23)16-33-24-28-27-21(15-30-12-6-3-7-13-30)31(24)19-8-4-2-5-9-19/h2,4-5,8-11,14H,3,6-7,12-13,15-16H2,1H3. The van der Waals surface area contributed by atoms with Gasteiger partial charge in [0, 0.05) is 11.3 Å². The van der Waals surface area contributed by atoms with Crippen LogP contribution in [0.25, 0.3) is 17.1 Å². The van der Waals surface area contributed by atoms with Gasteiger partial charge < -0.3 is 4.52 Å². The molecule has 0 N–H and O–H groups in total. The molecule has 2 aromatic heterocycles. The van der Waals surface area contributed by atoms with Gasteiger partial charge in [-0.2, -0.15) is 4.98 Å². The largest absolute Gasteiger partial charge is 0.338 e. The van der Waals surface area contributed by atoms with Crippen LogP contribution in [0.15, 0.2) is 58.2 Å². The number of halogens is 1. The molecule has 1 aliphatic heterocycles. The first-order valence-electron chi connectivity index (χ1n) is 11.1. The average molecular weight is 465 g/mol. The fourth-order valence-corrected chi connectivity index (χ4v) is 4.75. The Labute approximate surface area is 196 Å². The van der Waals surface area contributed by atoms with Gasteiger partial charge in [-0.1, -0.05) is 53.7 Å². The maximum atomic E-state index is 13.9. The van der Waals surface area contributed by atoms with Crippen molar-refractivity contribution in [2.24, 2.45) is 0 Å².